The number of methoxy groups -OCH3 is 1. The van der Waals surface area contributed by atoms with E-state index in [1.807, 2.05) is 0 Å². The molecule has 0 bridgehead atoms. The van der Waals surface area contributed by atoms with E-state index in [1.54, 1.807) is 18.2 Å². The lowest BCUT2D eigenvalue weighted by Crippen LogP contribution is -2.37. The molecule has 0 saturated carbocycles. The van der Waals surface area contributed by atoms with Crippen LogP contribution in [0.1, 0.15) is 0 Å². The summed E-state index contributed by atoms with van der Waals surface area (Å²) in [7, 11) is 1.42. The van der Waals surface area contributed by atoms with Crippen LogP contribution in [0.2, 0.25) is 0 Å². The van der Waals surface area contributed by atoms with Crippen LogP contribution in [0.25, 0.3) is 0 Å². The van der Waals surface area contributed by atoms with Crippen molar-refractivity contribution < 1.29 is 9.53 Å². The van der Waals surface area contributed by atoms with Gasteiger partial charge in [0.25, 0.3) is 5.91 Å². The summed E-state index contributed by atoms with van der Waals surface area (Å²) in [5, 5.41) is 1.13. The van der Waals surface area contributed by atoms with Crippen molar-refractivity contribution in [1.29, 1.82) is 0 Å². The summed E-state index contributed by atoms with van der Waals surface area (Å²) in [4.78, 5) is 19.2. The number of nitrogens with two attached hydrogens (primary N) is 1. The number of fused-ring (bicyclic) bond motifs is 1. The van der Waals surface area contributed by atoms with E-state index in [0.29, 0.717) is 16.4 Å². The minimum Gasteiger partial charge on any atom is -0.399 e. The first-order chi connectivity index (χ1) is 6.70. The van der Waals surface area contributed by atoms with Gasteiger partial charge in [0.05, 0.1) is 10.7 Å². The monoisotopic (exact) mass is 191 g/mol. The number of rotatable bonds is 1. The van der Waals surface area contributed by atoms with E-state index in [-0.39, 0.29) is 0 Å². The Labute approximate surface area is 79.9 Å². The second-order valence-electron chi connectivity index (χ2n) is 2.92. The molecule has 2 rings (SSSR count). The summed E-state index contributed by atoms with van der Waals surface area (Å²) in [6.45, 7) is 0. The summed E-state index contributed by atoms with van der Waals surface area (Å²) in [6, 6.07) is 5.04. The van der Waals surface area contributed by atoms with Crippen LogP contribution < -0.4 is 16.4 Å². The predicted molar refractivity (Wildman–Crippen MR) is 49.0 cm³/mol. The standard InChI is InChI=1S/C9H9N3O2/c1-14-9-8(13)11-7-4-5(10)2-3-6(7)12-9/h2-4,9H,10H2,1H3. The highest BCUT2D eigenvalue weighted by molar-refractivity contribution is 5.82. The van der Waals surface area contributed by atoms with Crippen LogP contribution in [-0.2, 0) is 9.53 Å². The number of benzene rings is 1. The molecular formula is C9H9N3O2. The molecule has 0 aliphatic carbocycles. The van der Waals surface area contributed by atoms with Gasteiger partial charge in [0.1, 0.15) is 0 Å². The third kappa shape index (κ3) is 1.38. The zero-order chi connectivity index (χ0) is 10.1. The van der Waals surface area contributed by atoms with Crippen LogP contribution in [0.3, 0.4) is 0 Å². The van der Waals surface area contributed by atoms with Crippen LogP contribution in [0, 0.1) is 0 Å². The van der Waals surface area contributed by atoms with Gasteiger partial charge < -0.3 is 10.5 Å². The molecule has 1 unspecified atom stereocenters. The molecule has 0 saturated heterocycles. The van der Waals surface area contributed by atoms with Crippen LogP contribution in [-0.4, -0.2) is 19.2 Å². The summed E-state index contributed by atoms with van der Waals surface area (Å²) < 4.78 is 4.85. The lowest BCUT2D eigenvalue weighted by atomic mass is 10.2. The number of carbonyl (C=O) groups is 1. The average molecular weight is 191 g/mol. The van der Waals surface area contributed by atoms with E-state index >= 15 is 0 Å². The van der Waals surface area contributed by atoms with E-state index in [0.717, 1.165) is 0 Å². The van der Waals surface area contributed by atoms with Crippen molar-refractivity contribution >= 4 is 11.6 Å². The van der Waals surface area contributed by atoms with Gasteiger partial charge in [0.2, 0.25) is 6.23 Å². The molecule has 1 amide bonds. The van der Waals surface area contributed by atoms with Crippen molar-refractivity contribution in [1.82, 2.24) is 0 Å². The zero-order valence-corrected chi connectivity index (χ0v) is 7.60. The normalized spacial score (nSPS) is 19.5. The van der Waals surface area contributed by atoms with E-state index in [2.05, 4.69) is 9.98 Å². The van der Waals surface area contributed by atoms with Gasteiger partial charge in [-0.1, -0.05) is 0 Å². The quantitative estimate of drug-likeness (QED) is 0.579. The van der Waals surface area contributed by atoms with Gasteiger partial charge in [0, 0.05) is 12.8 Å². The van der Waals surface area contributed by atoms with Gasteiger partial charge in [-0.05, 0) is 18.2 Å². The zero-order valence-electron chi connectivity index (χ0n) is 7.60. The van der Waals surface area contributed by atoms with Gasteiger partial charge in [-0.25, -0.2) is 9.98 Å². The lowest BCUT2D eigenvalue weighted by Gasteiger charge is -2.09. The molecule has 1 aliphatic rings. The molecule has 1 atom stereocenters. The molecule has 1 aliphatic heterocycles. The van der Waals surface area contributed by atoms with Crippen molar-refractivity contribution in [3.63, 3.8) is 0 Å². The second-order valence-corrected chi connectivity index (χ2v) is 2.92. The van der Waals surface area contributed by atoms with E-state index in [1.165, 1.54) is 7.11 Å². The van der Waals surface area contributed by atoms with E-state index in [9.17, 15) is 4.79 Å². The summed E-state index contributed by atoms with van der Waals surface area (Å²) in [5.74, 6) is -0.398. The molecule has 0 aromatic heterocycles. The highest BCUT2D eigenvalue weighted by atomic mass is 16.5. The molecule has 5 nitrogen and oxygen atoms in total. The number of carbonyl (C=O) groups excluding carboxylic acids is 1. The number of nitrogens with zero attached hydrogens (tertiary/aromatic N) is 2. The Kier molecular flexibility index (Phi) is 2.01. The largest absolute Gasteiger partial charge is 0.399 e. The van der Waals surface area contributed by atoms with Gasteiger partial charge in [0.15, 0.2) is 0 Å². The fraction of sp³-hybridized carbons (Fsp3) is 0.222. The Balaban J connectivity index is 2.66. The summed E-state index contributed by atoms with van der Waals surface area (Å²) in [6.07, 6.45) is -0.814. The first-order valence-electron chi connectivity index (χ1n) is 4.09. The van der Waals surface area contributed by atoms with Crippen LogP contribution in [0.5, 0.6) is 0 Å². The van der Waals surface area contributed by atoms with Crippen LogP contribution >= 0.6 is 0 Å². The number of nitrogen functional groups attached to an aromatic ring is 1. The molecular weight excluding hydrogens is 182 g/mol. The molecule has 5 heteroatoms. The van der Waals surface area contributed by atoms with E-state index in [4.69, 9.17) is 10.5 Å². The van der Waals surface area contributed by atoms with E-state index < -0.39 is 12.1 Å². The maximum atomic E-state index is 11.3. The number of hydrogen-bond acceptors (Lipinski definition) is 4. The minimum absolute atomic E-state index is 0.398. The molecule has 1 heterocycles. The van der Waals surface area contributed by atoms with Crippen molar-refractivity contribution in [3.05, 3.63) is 28.9 Å². The van der Waals surface area contributed by atoms with Gasteiger partial charge >= 0.3 is 0 Å². The van der Waals surface area contributed by atoms with Gasteiger partial charge in [-0.15, -0.1) is 0 Å². The van der Waals surface area contributed by atoms with Gasteiger partial charge in [-0.2, -0.15) is 0 Å². The molecule has 0 spiro atoms. The smallest absolute Gasteiger partial charge is 0.298 e. The minimum atomic E-state index is -0.814. The highest BCUT2D eigenvalue weighted by Crippen LogP contribution is 1.98. The van der Waals surface area contributed by atoms with Crippen LogP contribution in [0.4, 0.5) is 5.69 Å². The Morgan fingerprint density at radius 3 is 2.93 bits per heavy atom. The maximum Gasteiger partial charge on any atom is 0.298 e. The Hall–Kier alpha value is -1.75. The molecule has 72 valence electrons. The number of anilines is 1. The highest BCUT2D eigenvalue weighted by Gasteiger charge is 2.18. The summed E-state index contributed by atoms with van der Waals surface area (Å²) >= 11 is 0. The SMILES string of the molecule is COC1N=c2ccc(N)cc2=NC1=O. The Bertz CT molecular complexity index is 495. The van der Waals surface area contributed by atoms with Gasteiger partial charge in [-0.3, -0.25) is 4.79 Å². The Morgan fingerprint density at radius 2 is 2.21 bits per heavy atom. The molecule has 14 heavy (non-hydrogen) atoms. The third-order valence-electron chi connectivity index (χ3n) is 1.92. The summed E-state index contributed by atoms with van der Waals surface area (Å²) in [5.41, 5.74) is 6.11. The molecule has 0 radical (unpaired) electrons. The van der Waals surface area contributed by atoms with Crippen molar-refractivity contribution in [2.75, 3.05) is 12.8 Å². The Morgan fingerprint density at radius 1 is 1.43 bits per heavy atom. The van der Waals surface area contributed by atoms with Crippen molar-refractivity contribution in [3.8, 4) is 0 Å². The maximum absolute atomic E-state index is 11.3. The fourth-order valence-electron chi connectivity index (χ4n) is 1.25. The first-order valence-corrected chi connectivity index (χ1v) is 4.09. The second kappa shape index (κ2) is 3.19. The number of ether oxygens (including phenoxy) is 1. The van der Waals surface area contributed by atoms with Crippen molar-refractivity contribution in [2.45, 2.75) is 6.23 Å². The molecule has 1 aromatic rings. The first kappa shape index (κ1) is 8.83. The third-order valence-corrected chi connectivity index (χ3v) is 1.92. The van der Waals surface area contributed by atoms with Crippen LogP contribution in [0.15, 0.2) is 28.2 Å². The molecule has 2 N–H and O–H groups in total. The fourth-order valence-corrected chi connectivity index (χ4v) is 1.25. The predicted octanol–water partition coefficient (Wildman–Crippen LogP) is -0.979. The molecule has 0 fully saturated rings. The average Bonchev–Trinajstić information content (AvgIpc) is 2.16. The molecule has 1 aromatic carbocycles. The lowest BCUT2D eigenvalue weighted by molar-refractivity contribution is -0.127. The van der Waals surface area contributed by atoms with Crippen molar-refractivity contribution in [2.24, 2.45) is 9.98 Å². The number of hydrogen-bond donors (Lipinski definition) is 1. The topological polar surface area (TPSA) is 77.0 Å². The number of amides is 1.